The summed E-state index contributed by atoms with van der Waals surface area (Å²) in [6, 6.07) is 10.5. The SMILES string of the molecule is Cc1nn(-c2ccccc2)c(N2CCN(C)CC2)c1CNCCC(C)C. The molecule has 3 rings (SSSR count). The third-order valence-electron chi connectivity index (χ3n) is 5.16. The fourth-order valence-corrected chi connectivity index (χ4v) is 3.45. The van der Waals surface area contributed by atoms with Crippen LogP contribution in [0.2, 0.25) is 0 Å². The molecule has 0 saturated carbocycles. The molecule has 2 heterocycles. The Morgan fingerprint density at radius 1 is 1.08 bits per heavy atom. The van der Waals surface area contributed by atoms with Crippen molar-refractivity contribution in [2.45, 2.75) is 33.7 Å². The molecule has 2 aromatic rings. The summed E-state index contributed by atoms with van der Waals surface area (Å²) >= 11 is 0. The minimum atomic E-state index is 0.729. The van der Waals surface area contributed by atoms with Crippen molar-refractivity contribution < 1.29 is 0 Å². The summed E-state index contributed by atoms with van der Waals surface area (Å²) in [6.45, 7) is 12.9. The van der Waals surface area contributed by atoms with E-state index in [0.29, 0.717) is 0 Å². The summed E-state index contributed by atoms with van der Waals surface area (Å²) < 4.78 is 2.14. The van der Waals surface area contributed by atoms with E-state index in [9.17, 15) is 0 Å². The zero-order valence-electron chi connectivity index (χ0n) is 16.7. The molecule has 0 aliphatic carbocycles. The van der Waals surface area contributed by atoms with Gasteiger partial charge in [-0.2, -0.15) is 5.10 Å². The molecule has 1 N–H and O–H groups in total. The molecular formula is C21H33N5. The predicted molar refractivity (Wildman–Crippen MR) is 109 cm³/mol. The third kappa shape index (κ3) is 4.46. The zero-order chi connectivity index (χ0) is 18.5. The van der Waals surface area contributed by atoms with Crippen molar-refractivity contribution in [1.29, 1.82) is 0 Å². The largest absolute Gasteiger partial charge is 0.354 e. The first kappa shape index (κ1) is 18.9. The molecule has 0 bridgehead atoms. The molecule has 0 spiro atoms. The Morgan fingerprint density at radius 3 is 2.42 bits per heavy atom. The summed E-state index contributed by atoms with van der Waals surface area (Å²) in [5.74, 6) is 1.99. The lowest BCUT2D eigenvalue weighted by atomic mass is 10.1. The third-order valence-corrected chi connectivity index (χ3v) is 5.16. The van der Waals surface area contributed by atoms with Gasteiger partial charge in [-0.15, -0.1) is 0 Å². The second-order valence-corrected chi connectivity index (χ2v) is 7.78. The molecule has 0 unspecified atom stereocenters. The van der Waals surface area contributed by atoms with Crippen molar-refractivity contribution >= 4 is 5.82 Å². The molecule has 0 amide bonds. The minimum Gasteiger partial charge on any atom is -0.354 e. The molecule has 142 valence electrons. The topological polar surface area (TPSA) is 36.3 Å². The summed E-state index contributed by atoms with van der Waals surface area (Å²) in [7, 11) is 2.20. The molecule has 0 radical (unpaired) electrons. The summed E-state index contributed by atoms with van der Waals surface area (Å²) in [5, 5.41) is 8.55. The van der Waals surface area contributed by atoms with Gasteiger partial charge in [0.15, 0.2) is 0 Å². The summed E-state index contributed by atoms with van der Waals surface area (Å²) in [4.78, 5) is 4.90. The maximum absolute atomic E-state index is 4.91. The minimum absolute atomic E-state index is 0.729. The van der Waals surface area contributed by atoms with Crippen LogP contribution in [0.1, 0.15) is 31.5 Å². The average Bonchev–Trinajstić information content (AvgIpc) is 2.96. The van der Waals surface area contributed by atoms with Gasteiger partial charge in [-0.25, -0.2) is 4.68 Å². The van der Waals surface area contributed by atoms with E-state index in [1.165, 1.54) is 17.8 Å². The van der Waals surface area contributed by atoms with Gasteiger partial charge in [0.05, 0.1) is 11.4 Å². The highest BCUT2D eigenvalue weighted by Crippen LogP contribution is 2.28. The number of aromatic nitrogens is 2. The number of anilines is 1. The molecule has 0 atom stereocenters. The van der Waals surface area contributed by atoms with Gasteiger partial charge in [-0.3, -0.25) is 0 Å². The molecule has 5 heteroatoms. The molecule has 1 aromatic carbocycles. The maximum Gasteiger partial charge on any atom is 0.137 e. The van der Waals surface area contributed by atoms with E-state index in [0.717, 1.165) is 56.6 Å². The fourth-order valence-electron chi connectivity index (χ4n) is 3.45. The Hall–Kier alpha value is -1.85. The van der Waals surface area contributed by atoms with Gasteiger partial charge >= 0.3 is 0 Å². The molecular weight excluding hydrogens is 322 g/mol. The first-order valence-electron chi connectivity index (χ1n) is 9.84. The van der Waals surface area contributed by atoms with Crippen LogP contribution in [0.25, 0.3) is 5.69 Å². The Labute approximate surface area is 158 Å². The highest BCUT2D eigenvalue weighted by atomic mass is 15.4. The van der Waals surface area contributed by atoms with Gasteiger partial charge < -0.3 is 15.1 Å². The molecule has 1 saturated heterocycles. The van der Waals surface area contributed by atoms with Gasteiger partial charge in [0.25, 0.3) is 0 Å². The van der Waals surface area contributed by atoms with Crippen LogP contribution in [-0.2, 0) is 6.54 Å². The number of nitrogens with one attached hydrogen (secondary N) is 1. The second kappa shape index (κ2) is 8.69. The van der Waals surface area contributed by atoms with Crippen molar-refractivity contribution in [3.8, 4) is 5.69 Å². The molecule has 1 aliphatic rings. The average molecular weight is 356 g/mol. The van der Waals surface area contributed by atoms with E-state index in [-0.39, 0.29) is 0 Å². The van der Waals surface area contributed by atoms with Crippen molar-refractivity contribution in [2.24, 2.45) is 5.92 Å². The summed E-state index contributed by atoms with van der Waals surface area (Å²) in [5.41, 5.74) is 3.60. The van der Waals surface area contributed by atoms with Crippen LogP contribution in [0, 0.1) is 12.8 Å². The Morgan fingerprint density at radius 2 is 1.77 bits per heavy atom. The number of hydrogen-bond donors (Lipinski definition) is 1. The number of piperazine rings is 1. The Balaban J connectivity index is 1.88. The van der Waals surface area contributed by atoms with E-state index in [1.54, 1.807) is 0 Å². The monoisotopic (exact) mass is 355 g/mol. The lowest BCUT2D eigenvalue weighted by Crippen LogP contribution is -2.45. The first-order valence-corrected chi connectivity index (χ1v) is 9.84. The quantitative estimate of drug-likeness (QED) is 0.775. The first-order chi connectivity index (χ1) is 12.6. The van der Waals surface area contributed by atoms with Crippen molar-refractivity contribution in [3.63, 3.8) is 0 Å². The molecule has 1 aromatic heterocycles. The van der Waals surface area contributed by atoms with Crippen LogP contribution >= 0.6 is 0 Å². The van der Waals surface area contributed by atoms with E-state index in [1.807, 2.05) is 0 Å². The van der Waals surface area contributed by atoms with Crippen LogP contribution in [0.15, 0.2) is 30.3 Å². The number of para-hydroxylation sites is 1. The van der Waals surface area contributed by atoms with E-state index in [4.69, 9.17) is 5.10 Å². The molecule has 5 nitrogen and oxygen atoms in total. The van der Waals surface area contributed by atoms with Gasteiger partial charge in [-0.05, 0) is 45.0 Å². The van der Waals surface area contributed by atoms with Crippen LogP contribution in [0.4, 0.5) is 5.82 Å². The van der Waals surface area contributed by atoms with Gasteiger partial charge in [0.2, 0.25) is 0 Å². The predicted octanol–water partition coefficient (Wildman–Crippen LogP) is 3.07. The Bertz CT molecular complexity index is 684. The maximum atomic E-state index is 4.91. The summed E-state index contributed by atoms with van der Waals surface area (Å²) in [6.07, 6.45) is 1.20. The number of likely N-dealkylation sites (N-methyl/N-ethyl adjacent to an activating group) is 1. The van der Waals surface area contributed by atoms with E-state index in [2.05, 4.69) is 77.9 Å². The lowest BCUT2D eigenvalue weighted by Gasteiger charge is -2.34. The lowest BCUT2D eigenvalue weighted by molar-refractivity contribution is 0.311. The van der Waals surface area contributed by atoms with Crippen molar-refractivity contribution in [1.82, 2.24) is 20.0 Å². The van der Waals surface area contributed by atoms with Gasteiger partial charge in [0, 0.05) is 38.3 Å². The van der Waals surface area contributed by atoms with Crippen LogP contribution in [0.3, 0.4) is 0 Å². The van der Waals surface area contributed by atoms with Gasteiger partial charge in [0.1, 0.15) is 5.82 Å². The van der Waals surface area contributed by atoms with Crippen LogP contribution < -0.4 is 10.2 Å². The number of hydrogen-bond acceptors (Lipinski definition) is 4. The van der Waals surface area contributed by atoms with E-state index >= 15 is 0 Å². The van der Waals surface area contributed by atoms with Crippen LogP contribution in [0.5, 0.6) is 0 Å². The fraction of sp³-hybridized carbons (Fsp3) is 0.571. The number of benzene rings is 1. The smallest absolute Gasteiger partial charge is 0.137 e. The number of nitrogens with zero attached hydrogens (tertiary/aromatic N) is 4. The molecule has 1 fully saturated rings. The zero-order valence-corrected chi connectivity index (χ0v) is 16.7. The van der Waals surface area contributed by atoms with E-state index < -0.39 is 0 Å². The van der Waals surface area contributed by atoms with Crippen molar-refractivity contribution in [3.05, 3.63) is 41.6 Å². The van der Waals surface area contributed by atoms with Crippen LogP contribution in [-0.4, -0.2) is 54.5 Å². The highest BCUT2D eigenvalue weighted by Gasteiger charge is 2.24. The van der Waals surface area contributed by atoms with Crippen molar-refractivity contribution in [2.75, 3.05) is 44.7 Å². The standard InChI is InChI=1S/C21H33N5/c1-17(2)10-11-22-16-20-18(3)23-26(19-8-6-5-7-9-19)21(20)25-14-12-24(4)13-15-25/h5-9,17,22H,10-16H2,1-4H3. The number of rotatable bonds is 7. The normalized spacial score (nSPS) is 15.8. The molecule has 26 heavy (non-hydrogen) atoms. The highest BCUT2D eigenvalue weighted by molar-refractivity contribution is 5.55. The molecule has 1 aliphatic heterocycles. The second-order valence-electron chi connectivity index (χ2n) is 7.78. The van der Waals surface area contributed by atoms with Gasteiger partial charge in [-0.1, -0.05) is 32.0 Å². The number of aryl methyl sites for hydroxylation is 1. The Kier molecular flexibility index (Phi) is 6.33.